The Balaban J connectivity index is 1.64. The number of thioether (sulfide) groups is 1. The summed E-state index contributed by atoms with van der Waals surface area (Å²) in [5.41, 5.74) is 2.45. The van der Waals surface area contributed by atoms with Crippen molar-refractivity contribution < 1.29 is 28.6 Å². The molecule has 0 saturated heterocycles. The quantitative estimate of drug-likeness (QED) is 0.213. The molecule has 3 rings (SSSR count). The number of nitrogens with one attached hydrogen (secondary N) is 1. The molecule has 2 aromatic carbocycles. The predicted octanol–water partition coefficient (Wildman–Crippen LogP) is 3.69. The summed E-state index contributed by atoms with van der Waals surface area (Å²) < 4.78 is 21.7. The van der Waals surface area contributed by atoms with Crippen LogP contribution in [0.1, 0.15) is 12.5 Å². The minimum Gasteiger partial charge on any atom is -0.493 e. The molecule has 3 aromatic rings. The topological polar surface area (TPSA) is 128 Å². The average molecular weight is 458 g/mol. The summed E-state index contributed by atoms with van der Waals surface area (Å²) in [6.45, 7) is 1.68. The highest BCUT2D eigenvalue weighted by atomic mass is 32.2. The molecule has 10 nitrogen and oxygen atoms in total. The zero-order chi connectivity index (χ0) is 23.1. The SMILES string of the molecule is COc1cc(-c2nnc(SCC(=O)Nc3ccc(/C(C)=N\O)cc3)o2)cc(OC)c1OC. The van der Waals surface area contributed by atoms with Crippen molar-refractivity contribution >= 4 is 29.1 Å². The fourth-order valence-electron chi connectivity index (χ4n) is 2.77. The Hall–Kier alpha value is -3.73. The molecule has 0 aliphatic carbocycles. The predicted molar refractivity (Wildman–Crippen MR) is 119 cm³/mol. The summed E-state index contributed by atoms with van der Waals surface area (Å²) >= 11 is 1.11. The van der Waals surface area contributed by atoms with E-state index in [0.717, 1.165) is 17.3 Å². The van der Waals surface area contributed by atoms with Crippen LogP contribution in [0.2, 0.25) is 0 Å². The zero-order valence-electron chi connectivity index (χ0n) is 17.9. The van der Waals surface area contributed by atoms with Gasteiger partial charge in [0, 0.05) is 11.3 Å². The van der Waals surface area contributed by atoms with Crippen molar-refractivity contribution in [3.63, 3.8) is 0 Å². The van der Waals surface area contributed by atoms with Crippen LogP contribution in [-0.4, -0.2) is 54.1 Å². The minimum absolute atomic E-state index is 0.0791. The molecule has 1 amide bonds. The molecule has 0 saturated carbocycles. The molecule has 0 bridgehead atoms. The zero-order valence-corrected chi connectivity index (χ0v) is 18.7. The number of methoxy groups -OCH3 is 3. The number of ether oxygens (including phenoxy) is 3. The number of benzene rings is 2. The minimum atomic E-state index is -0.233. The Morgan fingerprint density at radius 1 is 1.09 bits per heavy atom. The van der Waals surface area contributed by atoms with Crippen LogP contribution < -0.4 is 19.5 Å². The number of rotatable bonds is 9. The van der Waals surface area contributed by atoms with Crippen LogP contribution in [0, 0.1) is 0 Å². The second-order valence-corrected chi connectivity index (χ2v) is 7.31. The number of aromatic nitrogens is 2. The summed E-state index contributed by atoms with van der Waals surface area (Å²) in [5.74, 6) is 1.47. The first-order valence-corrected chi connectivity index (χ1v) is 10.3. The summed E-state index contributed by atoms with van der Waals surface area (Å²) in [6, 6.07) is 10.3. The molecular formula is C21H22N4O6S. The standard InChI is InChI=1S/C21H22N4O6S/c1-12(25-27)13-5-7-15(8-6-13)22-18(26)11-32-21-24-23-20(31-21)14-9-16(28-2)19(30-4)17(10-14)29-3/h5-10,27H,11H2,1-4H3,(H,22,26)/b25-12-. The molecule has 0 unspecified atom stereocenters. The highest BCUT2D eigenvalue weighted by molar-refractivity contribution is 7.99. The number of anilines is 1. The van der Waals surface area contributed by atoms with E-state index < -0.39 is 0 Å². The van der Waals surface area contributed by atoms with Gasteiger partial charge in [-0.1, -0.05) is 29.1 Å². The van der Waals surface area contributed by atoms with Crippen LogP contribution in [0.25, 0.3) is 11.5 Å². The Kier molecular flexibility index (Phi) is 7.55. The number of nitrogens with zero attached hydrogens (tertiary/aromatic N) is 3. The van der Waals surface area contributed by atoms with Crippen molar-refractivity contribution in [3.8, 4) is 28.7 Å². The van der Waals surface area contributed by atoms with E-state index >= 15 is 0 Å². The lowest BCUT2D eigenvalue weighted by molar-refractivity contribution is -0.113. The molecule has 0 atom stereocenters. The first kappa shape index (κ1) is 22.9. The van der Waals surface area contributed by atoms with Crippen LogP contribution in [0.5, 0.6) is 17.2 Å². The molecule has 1 aromatic heterocycles. The second-order valence-electron chi connectivity index (χ2n) is 6.39. The number of carbonyl (C=O) groups is 1. The lowest BCUT2D eigenvalue weighted by Crippen LogP contribution is -2.14. The molecule has 168 valence electrons. The van der Waals surface area contributed by atoms with Gasteiger partial charge in [-0.2, -0.15) is 0 Å². The van der Waals surface area contributed by atoms with E-state index in [1.54, 1.807) is 43.3 Å². The van der Waals surface area contributed by atoms with Gasteiger partial charge in [-0.3, -0.25) is 4.79 Å². The van der Waals surface area contributed by atoms with Gasteiger partial charge in [0.1, 0.15) is 0 Å². The van der Waals surface area contributed by atoms with E-state index in [4.69, 9.17) is 23.8 Å². The smallest absolute Gasteiger partial charge is 0.277 e. The lowest BCUT2D eigenvalue weighted by Gasteiger charge is -2.12. The van der Waals surface area contributed by atoms with Crippen LogP contribution in [0.4, 0.5) is 5.69 Å². The summed E-state index contributed by atoms with van der Waals surface area (Å²) in [7, 11) is 4.55. The third-order valence-electron chi connectivity index (χ3n) is 4.38. The lowest BCUT2D eigenvalue weighted by atomic mass is 10.1. The fourth-order valence-corrected chi connectivity index (χ4v) is 3.33. The Labute approximate surface area is 188 Å². The van der Waals surface area contributed by atoms with Gasteiger partial charge in [0.05, 0.1) is 32.8 Å². The van der Waals surface area contributed by atoms with Crippen molar-refractivity contribution in [2.75, 3.05) is 32.4 Å². The van der Waals surface area contributed by atoms with Crippen molar-refractivity contribution in [2.45, 2.75) is 12.1 Å². The number of amides is 1. The first-order chi connectivity index (χ1) is 15.5. The number of hydrogen-bond acceptors (Lipinski definition) is 10. The molecule has 2 N–H and O–H groups in total. The van der Waals surface area contributed by atoms with Crippen LogP contribution in [0.15, 0.2) is 51.2 Å². The van der Waals surface area contributed by atoms with Gasteiger partial charge in [-0.05, 0) is 36.8 Å². The Morgan fingerprint density at radius 2 is 1.75 bits per heavy atom. The van der Waals surface area contributed by atoms with Crippen molar-refractivity contribution in [3.05, 3.63) is 42.0 Å². The number of oxime groups is 1. The largest absolute Gasteiger partial charge is 0.493 e. The molecule has 0 fully saturated rings. The maximum absolute atomic E-state index is 12.2. The van der Waals surface area contributed by atoms with E-state index in [2.05, 4.69) is 20.7 Å². The van der Waals surface area contributed by atoms with E-state index in [-0.39, 0.29) is 22.8 Å². The van der Waals surface area contributed by atoms with Gasteiger partial charge in [-0.15, -0.1) is 10.2 Å². The van der Waals surface area contributed by atoms with Crippen molar-refractivity contribution in [2.24, 2.45) is 5.16 Å². The second kappa shape index (κ2) is 10.5. The summed E-state index contributed by atoms with van der Waals surface area (Å²) in [4.78, 5) is 12.2. The van der Waals surface area contributed by atoms with Crippen LogP contribution in [-0.2, 0) is 4.79 Å². The Bertz CT molecular complexity index is 1090. The van der Waals surface area contributed by atoms with Gasteiger partial charge in [0.2, 0.25) is 17.5 Å². The highest BCUT2D eigenvalue weighted by Gasteiger charge is 2.18. The molecule has 11 heteroatoms. The molecule has 32 heavy (non-hydrogen) atoms. The molecule has 0 aliphatic heterocycles. The monoisotopic (exact) mass is 458 g/mol. The molecule has 0 spiro atoms. The van der Waals surface area contributed by atoms with Gasteiger partial charge < -0.3 is 29.2 Å². The number of hydrogen-bond donors (Lipinski definition) is 2. The van der Waals surface area contributed by atoms with Crippen molar-refractivity contribution in [1.29, 1.82) is 0 Å². The highest BCUT2D eigenvalue weighted by Crippen LogP contribution is 2.41. The molecule has 1 heterocycles. The van der Waals surface area contributed by atoms with Crippen LogP contribution in [0.3, 0.4) is 0 Å². The fraction of sp³-hybridized carbons (Fsp3) is 0.238. The van der Waals surface area contributed by atoms with Crippen molar-refractivity contribution in [1.82, 2.24) is 10.2 Å². The maximum Gasteiger partial charge on any atom is 0.277 e. The van der Waals surface area contributed by atoms with E-state index in [1.165, 1.54) is 21.3 Å². The molecule has 0 aliphatic rings. The third kappa shape index (κ3) is 5.30. The van der Waals surface area contributed by atoms with E-state index in [1.807, 2.05) is 0 Å². The van der Waals surface area contributed by atoms with Gasteiger partial charge >= 0.3 is 0 Å². The summed E-state index contributed by atoms with van der Waals surface area (Å²) in [6.07, 6.45) is 0. The Morgan fingerprint density at radius 3 is 2.31 bits per heavy atom. The number of carbonyl (C=O) groups excluding carboxylic acids is 1. The summed E-state index contributed by atoms with van der Waals surface area (Å²) in [5, 5.41) is 23.0. The normalized spacial score (nSPS) is 11.2. The van der Waals surface area contributed by atoms with Crippen LogP contribution >= 0.6 is 11.8 Å². The van der Waals surface area contributed by atoms with E-state index in [9.17, 15) is 4.79 Å². The maximum atomic E-state index is 12.2. The van der Waals surface area contributed by atoms with E-state index in [0.29, 0.717) is 34.2 Å². The van der Waals surface area contributed by atoms with Gasteiger partial charge in [0.25, 0.3) is 5.22 Å². The average Bonchev–Trinajstić information content (AvgIpc) is 3.30. The molecule has 0 radical (unpaired) electrons. The van der Waals surface area contributed by atoms with Gasteiger partial charge in [-0.25, -0.2) is 0 Å². The van der Waals surface area contributed by atoms with Gasteiger partial charge in [0.15, 0.2) is 11.5 Å². The third-order valence-corrected chi connectivity index (χ3v) is 5.20. The molecular weight excluding hydrogens is 436 g/mol. The first-order valence-electron chi connectivity index (χ1n) is 9.34.